The molecular formula is C15H18O4S. The Kier molecular flexibility index (Phi) is 3.90. The van der Waals surface area contributed by atoms with Crippen LogP contribution < -0.4 is 4.74 Å². The van der Waals surface area contributed by atoms with Gasteiger partial charge in [0.25, 0.3) is 0 Å². The van der Waals surface area contributed by atoms with E-state index in [2.05, 4.69) is 0 Å². The number of ether oxygens (including phenoxy) is 1. The van der Waals surface area contributed by atoms with Gasteiger partial charge in [-0.1, -0.05) is 20.8 Å². The van der Waals surface area contributed by atoms with Crippen molar-refractivity contribution in [3.05, 3.63) is 39.5 Å². The largest absolute Gasteiger partial charge is 0.484 e. The Morgan fingerprint density at radius 2 is 2.10 bits per heavy atom. The van der Waals surface area contributed by atoms with Crippen LogP contribution in [-0.2, 0) is 12.0 Å². The molecule has 0 unspecified atom stereocenters. The Hall–Kier alpha value is -1.75. The molecule has 0 aliphatic carbocycles. The molecule has 2 rings (SSSR count). The zero-order chi connectivity index (χ0) is 14.9. The Balaban J connectivity index is 2.21. The van der Waals surface area contributed by atoms with Gasteiger partial charge in [-0.15, -0.1) is 11.3 Å². The molecule has 108 valence electrons. The number of hydrogen-bond donors (Lipinski definition) is 1. The molecule has 20 heavy (non-hydrogen) atoms. The van der Waals surface area contributed by atoms with Gasteiger partial charge in [0.15, 0.2) is 4.88 Å². The first kappa shape index (κ1) is 14.7. The molecule has 0 spiro atoms. The summed E-state index contributed by atoms with van der Waals surface area (Å²) in [5.74, 6) is 0.933. The number of carboxylic acid groups (broad SMARTS) is 1. The summed E-state index contributed by atoms with van der Waals surface area (Å²) in [5.41, 5.74) is -0.0995. The first-order chi connectivity index (χ1) is 9.27. The van der Waals surface area contributed by atoms with Crippen LogP contribution in [0.4, 0.5) is 0 Å². The Morgan fingerprint density at radius 1 is 1.40 bits per heavy atom. The molecule has 0 atom stereocenters. The minimum Gasteiger partial charge on any atom is -0.484 e. The Bertz CT molecular complexity index is 616. The third kappa shape index (κ3) is 3.22. The lowest BCUT2D eigenvalue weighted by Gasteiger charge is -2.14. The lowest BCUT2D eigenvalue weighted by atomic mass is 9.95. The summed E-state index contributed by atoms with van der Waals surface area (Å²) in [6.07, 6.45) is 0. The average Bonchev–Trinajstić information content (AvgIpc) is 2.91. The molecule has 0 amide bonds. The number of carboxylic acids is 1. The maximum absolute atomic E-state index is 11.3. The van der Waals surface area contributed by atoms with Crippen molar-refractivity contribution in [1.82, 2.24) is 0 Å². The number of thiophene rings is 1. The number of hydrogen-bond acceptors (Lipinski definition) is 4. The van der Waals surface area contributed by atoms with Crippen LogP contribution in [0.2, 0.25) is 0 Å². The summed E-state index contributed by atoms with van der Waals surface area (Å²) in [6.45, 7) is 8.22. The lowest BCUT2D eigenvalue weighted by Crippen LogP contribution is -2.08. The Labute approximate surface area is 122 Å². The number of furan rings is 1. The van der Waals surface area contributed by atoms with Gasteiger partial charge in [-0.25, -0.2) is 4.79 Å². The molecule has 0 saturated heterocycles. The predicted molar refractivity (Wildman–Crippen MR) is 77.8 cm³/mol. The summed E-state index contributed by atoms with van der Waals surface area (Å²) in [7, 11) is 0. The Morgan fingerprint density at radius 3 is 2.60 bits per heavy atom. The fraction of sp³-hybridized carbons (Fsp3) is 0.400. The van der Waals surface area contributed by atoms with Crippen molar-refractivity contribution >= 4 is 17.3 Å². The standard InChI is InChI=1S/C15H18O4S/c1-9-5-6-10(19-9)8-18-11-7-12(15(2,3)4)20-13(11)14(16)17/h5-7H,8H2,1-4H3,(H,16,17). The SMILES string of the molecule is Cc1ccc(COc2cc(C(C)(C)C)sc2C(=O)O)o1. The van der Waals surface area contributed by atoms with Gasteiger partial charge >= 0.3 is 5.97 Å². The number of rotatable bonds is 4. The van der Waals surface area contributed by atoms with Gasteiger partial charge < -0.3 is 14.3 Å². The van der Waals surface area contributed by atoms with Gasteiger partial charge in [0.05, 0.1) is 0 Å². The number of aromatic carboxylic acids is 1. The second-order valence-electron chi connectivity index (χ2n) is 5.66. The van der Waals surface area contributed by atoms with Crippen LogP contribution in [0.25, 0.3) is 0 Å². The maximum atomic E-state index is 11.3. The van der Waals surface area contributed by atoms with Gasteiger partial charge in [0, 0.05) is 4.88 Å². The highest BCUT2D eigenvalue weighted by Crippen LogP contribution is 2.37. The smallest absolute Gasteiger partial charge is 0.349 e. The van der Waals surface area contributed by atoms with Crippen molar-refractivity contribution in [2.24, 2.45) is 0 Å². The third-order valence-electron chi connectivity index (χ3n) is 2.80. The van der Waals surface area contributed by atoms with Crippen LogP contribution in [0.15, 0.2) is 22.6 Å². The molecule has 2 aromatic rings. The molecule has 0 aliphatic rings. The molecule has 0 fully saturated rings. The van der Waals surface area contributed by atoms with Crippen LogP contribution in [0, 0.1) is 6.92 Å². The molecule has 0 radical (unpaired) electrons. The van der Waals surface area contributed by atoms with Gasteiger partial charge in [-0.3, -0.25) is 0 Å². The lowest BCUT2D eigenvalue weighted by molar-refractivity contribution is 0.0697. The molecule has 0 bridgehead atoms. The quantitative estimate of drug-likeness (QED) is 0.917. The van der Waals surface area contributed by atoms with E-state index in [0.717, 1.165) is 10.6 Å². The van der Waals surface area contributed by atoms with Crippen LogP contribution in [0.1, 0.15) is 46.8 Å². The van der Waals surface area contributed by atoms with Crippen molar-refractivity contribution in [2.75, 3.05) is 0 Å². The van der Waals surface area contributed by atoms with E-state index >= 15 is 0 Å². The van der Waals surface area contributed by atoms with Crippen molar-refractivity contribution in [2.45, 2.75) is 39.7 Å². The first-order valence-corrected chi connectivity index (χ1v) is 7.15. The van der Waals surface area contributed by atoms with E-state index < -0.39 is 5.97 Å². The predicted octanol–water partition coefficient (Wildman–Crippen LogP) is 4.22. The van der Waals surface area contributed by atoms with E-state index in [1.807, 2.05) is 45.9 Å². The number of carbonyl (C=O) groups is 1. The monoisotopic (exact) mass is 294 g/mol. The summed E-state index contributed by atoms with van der Waals surface area (Å²) in [4.78, 5) is 12.5. The molecule has 0 aromatic carbocycles. The van der Waals surface area contributed by atoms with E-state index in [4.69, 9.17) is 9.15 Å². The average molecular weight is 294 g/mol. The molecule has 0 aliphatic heterocycles. The third-order valence-corrected chi connectivity index (χ3v) is 4.33. The molecule has 2 aromatic heterocycles. The topological polar surface area (TPSA) is 59.7 Å². The highest BCUT2D eigenvalue weighted by molar-refractivity contribution is 7.14. The molecule has 2 heterocycles. The summed E-state index contributed by atoms with van der Waals surface area (Å²) in [5, 5.41) is 9.25. The van der Waals surface area contributed by atoms with E-state index in [1.54, 1.807) is 0 Å². The minimum absolute atomic E-state index is 0.0995. The molecule has 0 saturated carbocycles. The summed E-state index contributed by atoms with van der Waals surface area (Å²) < 4.78 is 11.0. The molecule has 5 heteroatoms. The van der Waals surface area contributed by atoms with Gasteiger partial charge in [0.2, 0.25) is 0 Å². The molecule has 4 nitrogen and oxygen atoms in total. The van der Waals surface area contributed by atoms with Crippen LogP contribution in [0.3, 0.4) is 0 Å². The highest BCUT2D eigenvalue weighted by Gasteiger charge is 2.23. The fourth-order valence-electron chi connectivity index (χ4n) is 1.71. The maximum Gasteiger partial charge on any atom is 0.349 e. The van der Waals surface area contributed by atoms with Gasteiger partial charge in [-0.2, -0.15) is 0 Å². The first-order valence-electron chi connectivity index (χ1n) is 6.33. The van der Waals surface area contributed by atoms with Crippen LogP contribution in [0.5, 0.6) is 5.75 Å². The van der Waals surface area contributed by atoms with E-state index in [0.29, 0.717) is 11.5 Å². The molecule has 1 N–H and O–H groups in total. The zero-order valence-corrected chi connectivity index (χ0v) is 12.8. The van der Waals surface area contributed by atoms with Gasteiger partial charge in [-0.05, 0) is 30.5 Å². The van der Waals surface area contributed by atoms with E-state index in [9.17, 15) is 9.90 Å². The van der Waals surface area contributed by atoms with Crippen molar-refractivity contribution in [3.63, 3.8) is 0 Å². The van der Waals surface area contributed by atoms with E-state index in [-0.39, 0.29) is 16.9 Å². The summed E-state index contributed by atoms with van der Waals surface area (Å²) >= 11 is 1.26. The zero-order valence-electron chi connectivity index (χ0n) is 12.0. The van der Waals surface area contributed by atoms with Crippen molar-refractivity contribution in [1.29, 1.82) is 0 Å². The van der Waals surface area contributed by atoms with Gasteiger partial charge in [0.1, 0.15) is 23.9 Å². The highest BCUT2D eigenvalue weighted by atomic mass is 32.1. The van der Waals surface area contributed by atoms with Crippen molar-refractivity contribution in [3.8, 4) is 5.75 Å². The van der Waals surface area contributed by atoms with Crippen LogP contribution >= 0.6 is 11.3 Å². The second kappa shape index (κ2) is 5.32. The fourth-order valence-corrected chi connectivity index (χ4v) is 2.71. The number of aryl methyl sites for hydroxylation is 1. The molecular weight excluding hydrogens is 276 g/mol. The minimum atomic E-state index is -0.962. The summed E-state index contributed by atoms with van der Waals surface area (Å²) in [6, 6.07) is 5.49. The van der Waals surface area contributed by atoms with Crippen LogP contribution in [-0.4, -0.2) is 11.1 Å². The second-order valence-corrected chi connectivity index (χ2v) is 6.71. The van der Waals surface area contributed by atoms with E-state index in [1.165, 1.54) is 11.3 Å². The normalized spacial score (nSPS) is 11.6. The van der Waals surface area contributed by atoms with Crippen molar-refractivity contribution < 1.29 is 19.1 Å².